The molecule has 0 saturated carbocycles. The van der Waals surface area contributed by atoms with Gasteiger partial charge in [-0.25, -0.2) is 9.78 Å². The third-order valence-electron chi connectivity index (χ3n) is 3.80. The van der Waals surface area contributed by atoms with Crippen molar-refractivity contribution in [1.82, 2.24) is 14.5 Å². The van der Waals surface area contributed by atoms with Crippen LogP contribution in [0.3, 0.4) is 0 Å². The van der Waals surface area contributed by atoms with Crippen molar-refractivity contribution in [2.24, 2.45) is 7.05 Å². The van der Waals surface area contributed by atoms with Crippen molar-refractivity contribution in [3.05, 3.63) is 52.0 Å². The summed E-state index contributed by atoms with van der Waals surface area (Å²) in [5.74, 6) is 0.616. The molecule has 0 radical (unpaired) electrons. The lowest BCUT2D eigenvalue weighted by molar-refractivity contribution is 0.195. The molecular weight excluding hydrogens is 332 g/mol. The maximum Gasteiger partial charge on any atom is 0.323 e. The molecule has 8 heteroatoms. The zero-order valence-electron chi connectivity index (χ0n) is 13.1. The summed E-state index contributed by atoms with van der Waals surface area (Å²) in [5, 5.41) is 3.09. The lowest BCUT2D eigenvalue weighted by Gasteiger charge is -2.18. The Labute approximate surface area is 143 Å². The zero-order chi connectivity index (χ0) is 17.1. The first-order valence-electron chi connectivity index (χ1n) is 7.53. The number of amides is 2. The van der Waals surface area contributed by atoms with Crippen LogP contribution in [0.4, 0.5) is 10.6 Å². The average Bonchev–Trinajstić information content (AvgIpc) is 3.03. The molecule has 1 fully saturated rings. The molecule has 2 heterocycles. The van der Waals surface area contributed by atoms with Gasteiger partial charge in [0.25, 0.3) is 5.56 Å². The fourth-order valence-electron chi connectivity index (χ4n) is 2.49. The number of urea groups is 1. The smallest absolute Gasteiger partial charge is 0.323 e. The Morgan fingerprint density at radius 1 is 1.42 bits per heavy atom. The first kappa shape index (κ1) is 16.3. The molecule has 7 nitrogen and oxygen atoms in total. The van der Waals surface area contributed by atoms with Gasteiger partial charge in [0.1, 0.15) is 11.9 Å². The lowest BCUT2D eigenvalue weighted by Crippen LogP contribution is -2.37. The number of benzene rings is 1. The van der Waals surface area contributed by atoms with Crippen molar-refractivity contribution in [2.45, 2.75) is 12.5 Å². The molecule has 0 spiro atoms. The highest BCUT2D eigenvalue weighted by atomic mass is 35.5. The van der Waals surface area contributed by atoms with Crippen LogP contribution in [0.25, 0.3) is 0 Å². The lowest BCUT2D eigenvalue weighted by atomic mass is 10.3. The third-order valence-corrected chi connectivity index (χ3v) is 4.12. The molecule has 0 unspecified atom stereocenters. The number of halogens is 1. The molecule has 1 aromatic heterocycles. The first-order valence-corrected chi connectivity index (χ1v) is 7.91. The number of carbonyl (C=O) groups excluding carboxylic acids is 1. The molecule has 1 saturated heterocycles. The minimum atomic E-state index is -0.365. The summed E-state index contributed by atoms with van der Waals surface area (Å²) in [6, 6.07) is 6.86. The third kappa shape index (κ3) is 3.51. The van der Waals surface area contributed by atoms with E-state index >= 15 is 0 Å². The summed E-state index contributed by atoms with van der Waals surface area (Å²) >= 11 is 6.08. The van der Waals surface area contributed by atoms with Crippen LogP contribution >= 0.6 is 11.6 Å². The Morgan fingerprint density at radius 2 is 2.21 bits per heavy atom. The minimum Gasteiger partial charge on any atom is -0.487 e. The number of nitrogens with one attached hydrogen (secondary N) is 1. The summed E-state index contributed by atoms with van der Waals surface area (Å²) in [5.41, 5.74) is -0.353. The summed E-state index contributed by atoms with van der Waals surface area (Å²) in [6.07, 6.45) is 3.55. The van der Waals surface area contributed by atoms with Crippen molar-refractivity contribution in [2.75, 3.05) is 18.4 Å². The molecule has 1 atom stereocenters. The van der Waals surface area contributed by atoms with Crippen LogP contribution in [-0.2, 0) is 7.05 Å². The molecule has 2 amide bonds. The van der Waals surface area contributed by atoms with E-state index < -0.39 is 0 Å². The number of hydrogen-bond donors (Lipinski definition) is 1. The van der Waals surface area contributed by atoms with Crippen molar-refractivity contribution in [1.29, 1.82) is 0 Å². The number of likely N-dealkylation sites (tertiary alicyclic amines) is 1. The fourth-order valence-corrected chi connectivity index (χ4v) is 2.67. The number of aryl methyl sites for hydroxylation is 1. The number of rotatable bonds is 3. The Morgan fingerprint density at radius 3 is 3.00 bits per heavy atom. The maximum atomic E-state index is 12.3. The van der Waals surface area contributed by atoms with E-state index in [9.17, 15) is 9.59 Å². The maximum absolute atomic E-state index is 12.3. The molecule has 0 aliphatic carbocycles. The van der Waals surface area contributed by atoms with Crippen LogP contribution in [0, 0.1) is 0 Å². The monoisotopic (exact) mass is 348 g/mol. The minimum absolute atomic E-state index is 0.0143. The molecule has 24 heavy (non-hydrogen) atoms. The molecule has 2 aromatic rings. The Balaban J connectivity index is 1.61. The van der Waals surface area contributed by atoms with Gasteiger partial charge >= 0.3 is 6.03 Å². The van der Waals surface area contributed by atoms with Gasteiger partial charge in [-0.3, -0.25) is 10.1 Å². The second-order valence-corrected chi connectivity index (χ2v) is 5.93. The second-order valence-electron chi connectivity index (χ2n) is 5.53. The van der Waals surface area contributed by atoms with Gasteiger partial charge in [-0.05, 0) is 12.1 Å². The van der Waals surface area contributed by atoms with E-state index in [2.05, 4.69) is 10.3 Å². The number of hydrogen-bond acceptors (Lipinski definition) is 4. The van der Waals surface area contributed by atoms with Crippen molar-refractivity contribution >= 4 is 23.4 Å². The molecule has 1 aliphatic heterocycles. The van der Waals surface area contributed by atoms with Gasteiger partial charge in [-0.2, -0.15) is 0 Å². The van der Waals surface area contributed by atoms with E-state index in [1.165, 1.54) is 17.0 Å². The van der Waals surface area contributed by atoms with Crippen LogP contribution in [0.1, 0.15) is 6.42 Å². The van der Waals surface area contributed by atoms with Crippen molar-refractivity contribution in [3.8, 4) is 5.75 Å². The van der Waals surface area contributed by atoms with Gasteiger partial charge in [-0.1, -0.05) is 23.7 Å². The number of nitrogens with zero attached hydrogens (tertiary/aromatic N) is 3. The van der Waals surface area contributed by atoms with E-state index in [0.29, 0.717) is 30.3 Å². The van der Waals surface area contributed by atoms with Gasteiger partial charge < -0.3 is 14.2 Å². The topological polar surface area (TPSA) is 76.5 Å². The normalized spacial score (nSPS) is 16.9. The predicted octanol–water partition coefficient (Wildman–Crippen LogP) is 2.12. The molecule has 1 aromatic carbocycles. The SMILES string of the molecule is Cn1ccnc(NC(=O)N2CC[C@H](Oc3ccccc3Cl)C2)c1=O. The highest BCUT2D eigenvalue weighted by Gasteiger charge is 2.28. The van der Waals surface area contributed by atoms with Gasteiger partial charge in [-0.15, -0.1) is 0 Å². The van der Waals surface area contributed by atoms with E-state index in [-0.39, 0.29) is 23.5 Å². The average molecular weight is 349 g/mol. The molecule has 1 N–H and O–H groups in total. The number of anilines is 1. The highest BCUT2D eigenvalue weighted by molar-refractivity contribution is 6.32. The Bertz CT molecular complexity index is 808. The Hall–Kier alpha value is -2.54. The van der Waals surface area contributed by atoms with Crippen LogP contribution < -0.4 is 15.6 Å². The zero-order valence-corrected chi connectivity index (χ0v) is 13.9. The number of aromatic nitrogens is 2. The van der Waals surface area contributed by atoms with E-state index in [1.54, 1.807) is 24.1 Å². The Kier molecular flexibility index (Phi) is 4.71. The largest absolute Gasteiger partial charge is 0.487 e. The number of ether oxygens (including phenoxy) is 1. The fraction of sp³-hybridized carbons (Fsp3) is 0.312. The van der Waals surface area contributed by atoms with Gasteiger partial charge in [0, 0.05) is 32.4 Å². The van der Waals surface area contributed by atoms with Crippen LogP contribution in [-0.4, -0.2) is 39.7 Å². The summed E-state index contributed by atoms with van der Waals surface area (Å²) in [7, 11) is 1.60. The van der Waals surface area contributed by atoms with Crippen molar-refractivity contribution < 1.29 is 9.53 Å². The van der Waals surface area contributed by atoms with Crippen molar-refractivity contribution in [3.63, 3.8) is 0 Å². The van der Waals surface area contributed by atoms with Gasteiger partial charge in [0.15, 0.2) is 0 Å². The number of carbonyl (C=O) groups is 1. The van der Waals surface area contributed by atoms with Crippen LogP contribution in [0.5, 0.6) is 5.75 Å². The summed E-state index contributed by atoms with van der Waals surface area (Å²) < 4.78 is 7.20. The standard InChI is InChI=1S/C16H17ClN4O3/c1-20-9-7-18-14(15(20)22)19-16(23)21-8-6-11(10-21)24-13-5-3-2-4-12(13)17/h2-5,7,9,11H,6,8,10H2,1H3,(H,18,19,23)/t11-/m0/s1. The first-order chi connectivity index (χ1) is 11.5. The molecule has 3 rings (SSSR count). The highest BCUT2D eigenvalue weighted by Crippen LogP contribution is 2.26. The second kappa shape index (κ2) is 6.92. The predicted molar refractivity (Wildman–Crippen MR) is 90.6 cm³/mol. The number of para-hydroxylation sites is 1. The van der Waals surface area contributed by atoms with Gasteiger partial charge in [0.05, 0.1) is 11.6 Å². The van der Waals surface area contributed by atoms with Crippen LogP contribution in [0.15, 0.2) is 41.5 Å². The summed E-state index contributed by atoms with van der Waals surface area (Å²) in [6.45, 7) is 0.957. The van der Waals surface area contributed by atoms with E-state index in [1.807, 2.05) is 12.1 Å². The van der Waals surface area contributed by atoms with E-state index in [0.717, 1.165) is 0 Å². The molecular formula is C16H17ClN4O3. The van der Waals surface area contributed by atoms with E-state index in [4.69, 9.17) is 16.3 Å². The summed E-state index contributed by atoms with van der Waals surface area (Å²) in [4.78, 5) is 29.7. The molecule has 126 valence electrons. The van der Waals surface area contributed by atoms with Crippen LogP contribution in [0.2, 0.25) is 5.02 Å². The van der Waals surface area contributed by atoms with Gasteiger partial charge in [0.2, 0.25) is 5.82 Å². The molecule has 1 aliphatic rings. The quantitative estimate of drug-likeness (QED) is 0.921. The molecule has 0 bridgehead atoms.